The van der Waals surface area contributed by atoms with Gasteiger partial charge < -0.3 is 9.73 Å². The lowest BCUT2D eigenvalue weighted by molar-refractivity contribution is -0.402. The molecule has 1 N–H and O–H groups in total. The van der Waals surface area contributed by atoms with Gasteiger partial charge in [-0.2, -0.15) is 0 Å². The monoisotopic (exact) mass is 364 g/mol. The summed E-state index contributed by atoms with van der Waals surface area (Å²) in [5.41, 5.74) is 2.23. The van der Waals surface area contributed by atoms with E-state index in [4.69, 9.17) is 4.42 Å². The summed E-state index contributed by atoms with van der Waals surface area (Å²) in [5, 5.41) is 13.7. The molecule has 0 radical (unpaired) electrons. The normalized spacial score (nSPS) is 11.7. The number of nitro groups is 1. The Balaban J connectivity index is 1.68. The van der Waals surface area contributed by atoms with Crippen molar-refractivity contribution in [2.75, 3.05) is 0 Å². The highest BCUT2D eigenvalue weighted by molar-refractivity contribution is 5.92. The molecular formula is C21H20N2O4. The number of hydrogen-bond acceptors (Lipinski definition) is 4. The molecule has 0 bridgehead atoms. The lowest BCUT2D eigenvalue weighted by Gasteiger charge is -2.18. The number of benzene rings is 2. The number of carbonyl (C=O) groups is 1. The smallest absolute Gasteiger partial charge is 0.395 e. The van der Waals surface area contributed by atoms with Crippen LogP contribution in [0.4, 0.5) is 5.88 Å². The van der Waals surface area contributed by atoms with Gasteiger partial charge in [-0.15, -0.1) is 0 Å². The molecule has 0 aliphatic rings. The summed E-state index contributed by atoms with van der Waals surface area (Å²) in [5.74, 6) is -0.970. The highest BCUT2D eigenvalue weighted by Crippen LogP contribution is 2.22. The minimum atomic E-state index is -0.661. The number of amides is 1. The molecule has 2 aromatic carbocycles. The van der Waals surface area contributed by atoms with Crippen LogP contribution in [-0.4, -0.2) is 10.8 Å². The zero-order chi connectivity index (χ0) is 19.1. The van der Waals surface area contributed by atoms with Crippen LogP contribution in [-0.2, 0) is 6.42 Å². The largest absolute Gasteiger partial charge is 0.433 e. The average molecular weight is 364 g/mol. The van der Waals surface area contributed by atoms with Gasteiger partial charge in [0.15, 0.2) is 5.76 Å². The van der Waals surface area contributed by atoms with Gasteiger partial charge in [0.1, 0.15) is 4.92 Å². The van der Waals surface area contributed by atoms with Gasteiger partial charge in [0.25, 0.3) is 5.91 Å². The SMILES string of the molecule is O=C(NC(CCCc1ccccc1)c1ccccc1)c1ccc([N+](=O)[O-])o1. The number of rotatable bonds is 8. The molecule has 0 saturated heterocycles. The molecule has 1 unspecified atom stereocenters. The number of nitrogens with one attached hydrogen (secondary N) is 1. The van der Waals surface area contributed by atoms with Crippen LogP contribution < -0.4 is 5.32 Å². The summed E-state index contributed by atoms with van der Waals surface area (Å²) in [7, 11) is 0. The molecule has 0 aliphatic heterocycles. The predicted molar refractivity (Wildman–Crippen MR) is 101 cm³/mol. The number of aryl methyl sites for hydroxylation is 1. The minimum absolute atomic E-state index is 0.0642. The average Bonchev–Trinajstić information content (AvgIpc) is 3.19. The van der Waals surface area contributed by atoms with E-state index in [9.17, 15) is 14.9 Å². The molecule has 1 heterocycles. The van der Waals surface area contributed by atoms with Gasteiger partial charge in [0, 0.05) is 0 Å². The molecule has 1 amide bonds. The van der Waals surface area contributed by atoms with Crippen molar-refractivity contribution in [3.63, 3.8) is 0 Å². The molecule has 1 aromatic heterocycles. The molecule has 27 heavy (non-hydrogen) atoms. The van der Waals surface area contributed by atoms with Crippen molar-refractivity contribution in [1.29, 1.82) is 0 Å². The molecule has 138 valence electrons. The van der Waals surface area contributed by atoms with Crippen LogP contribution >= 0.6 is 0 Å². The first-order chi connectivity index (χ1) is 13.1. The van der Waals surface area contributed by atoms with E-state index in [0.29, 0.717) is 0 Å². The fourth-order valence-electron chi connectivity index (χ4n) is 2.94. The fourth-order valence-corrected chi connectivity index (χ4v) is 2.94. The molecule has 6 nitrogen and oxygen atoms in total. The first-order valence-corrected chi connectivity index (χ1v) is 8.77. The van der Waals surface area contributed by atoms with E-state index in [1.165, 1.54) is 17.7 Å². The second kappa shape index (κ2) is 8.80. The fraction of sp³-hybridized carbons (Fsp3) is 0.190. The van der Waals surface area contributed by atoms with E-state index >= 15 is 0 Å². The van der Waals surface area contributed by atoms with Gasteiger partial charge in [-0.05, 0) is 36.5 Å². The zero-order valence-corrected chi connectivity index (χ0v) is 14.7. The molecule has 1 atom stereocenters. The first-order valence-electron chi connectivity index (χ1n) is 8.77. The van der Waals surface area contributed by atoms with Gasteiger partial charge in [0.05, 0.1) is 12.1 Å². The quantitative estimate of drug-likeness (QED) is 0.464. The van der Waals surface area contributed by atoms with Crippen molar-refractivity contribution >= 4 is 11.8 Å². The Hall–Kier alpha value is -3.41. The van der Waals surface area contributed by atoms with Crippen molar-refractivity contribution in [1.82, 2.24) is 5.32 Å². The lowest BCUT2D eigenvalue weighted by atomic mass is 9.99. The molecule has 0 spiro atoms. The van der Waals surface area contributed by atoms with Crippen LogP contribution in [0.5, 0.6) is 0 Å². The van der Waals surface area contributed by atoms with Crippen LogP contribution in [0, 0.1) is 10.1 Å². The van der Waals surface area contributed by atoms with Crippen LogP contribution in [0.2, 0.25) is 0 Å². The maximum absolute atomic E-state index is 12.5. The third-order valence-electron chi connectivity index (χ3n) is 4.30. The highest BCUT2D eigenvalue weighted by Gasteiger charge is 2.21. The van der Waals surface area contributed by atoms with Gasteiger partial charge >= 0.3 is 5.88 Å². The van der Waals surface area contributed by atoms with Crippen LogP contribution in [0.1, 0.15) is 40.6 Å². The van der Waals surface area contributed by atoms with Crippen molar-refractivity contribution in [2.45, 2.75) is 25.3 Å². The third-order valence-corrected chi connectivity index (χ3v) is 4.30. The van der Waals surface area contributed by atoms with Crippen LogP contribution in [0.15, 0.2) is 77.2 Å². The molecule has 6 heteroatoms. The molecule has 3 aromatic rings. The maximum atomic E-state index is 12.5. The summed E-state index contributed by atoms with van der Waals surface area (Å²) in [6.45, 7) is 0. The van der Waals surface area contributed by atoms with E-state index < -0.39 is 16.7 Å². The maximum Gasteiger partial charge on any atom is 0.433 e. The summed E-state index contributed by atoms with van der Waals surface area (Å²) in [6.07, 6.45) is 2.54. The number of carbonyl (C=O) groups excluding carboxylic acids is 1. The molecule has 0 fully saturated rings. The summed E-state index contributed by atoms with van der Waals surface area (Å²) < 4.78 is 5.01. The van der Waals surface area contributed by atoms with E-state index in [0.717, 1.165) is 24.8 Å². The number of hydrogen-bond donors (Lipinski definition) is 1. The Bertz CT molecular complexity index is 891. The van der Waals surface area contributed by atoms with Crippen molar-refractivity contribution in [2.24, 2.45) is 0 Å². The van der Waals surface area contributed by atoms with Crippen LogP contribution in [0.3, 0.4) is 0 Å². The van der Waals surface area contributed by atoms with Gasteiger partial charge in [-0.1, -0.05) is 60.7 Å². The van der Waals surface area contributed by atoms with Gasteiger partial charge in [-0.25, -0.2) is 0 Å². The molecule has 0 aliphatic carbocycles. The third kappa shape index (κ3) is 5.04. The Morgan fingerprint density at radius 2 is 1.67 bits per heavy atom. The second-order valence-corrected chi connectivity index (χ2v) is 6.21. The van der Waals surface area contributed by atoms with E-state index in [1.807, 2.05) is 48.5 Å². The summed E-state index contributed by atoms with van der Waals surface area (Å²) in [4.78, 5) is 22.5. The van der Waals surface area contributed by atoms with Crippen LogP contribution in [0.25, 0.3) is 0 Å². The Morgan fingerprint density at radius 3 is 2.30 bits per heavy atom. The van der Waals surface area contributed by atoms with Crippen molar-refractivity contribution < 1.29 is 14.1 Å². The van der Waals surface area contributed by atoms with Crippen molar-refractivity contribution in [3.8, 4) is 0 Å². The lowest BCUT2D eigenvalue weighted by Crippen LogP contribution is -2.28. The van der Waals surface area contributed by atoms with Gasteiger partial charge in [-0.3, -0.25) is 14.9 Å². The first kappa shape index (κ1) is 18.4. The Labute approximate surface area is 157 Å². The highest BCUT2D eigenvalue weighted by atomic mass is 16.6. The minimum Gasteiger partial charge on any atom is -0.395 e. The predicted octanol–water partition coefficient (Wildman–Crippen LogP) is 4.68. The molecule has 0 saturated carbocycles. The van der Waals surface area contributed by atoms with E-state index in [1.54, 1.807) is 0 Å². The van der Waals surface area contributed by atoms with E-state index in [2.05, 4.69) is 17.4 Å². The zero-order valence-electron chi connectivity index (χ0n) is 14.7. The van der Waals surface area contributed by atoms with E-state index in [-0.39, 0.29) is 11.8 Å². The standard InChI is InChI=1S/C21H20N2O4/c24-21(19-14-15-20(27-19)23(25)26)22-18(17-11-5-2-6-12-17)13-7-10-16-8-3-1-4-9-16/h1-6,8-9,11-12,14-15,18H,7,10,13H2,(H,22,24). The number of furan rings is 1. The second-order valence-electron chi connectivity index (χ2n) is 6.21. The van der Waals surface area contributed by atoms with Crippen molar-refractivity contribution in [3.05, 3.63) is 99.8 Å². The Morgan fingerprint density at radius 1 is 1.00 bits per heavy atom. The Kier molecular flexibility index (Phi) is 5.99. The topological polar surface area (TPSA) is 85.4 Å². The number of nitrogens with zero attached hydrogens (tertiary/aromatic N) is 1. The summed E-state index contributed by atoms with van der Waals surface area (Å²) in [6, 6.07) is 22.1. The van der Waals surface area contributed by atoms with Gasteiger partial charge in [0.2, 0.25) is 0 Å². The molecular weight excluding hydrogens is 344 g/mol. The summed E-state index contributed by atoms with van der Waals surface area (Å²) >= 11 is 0. The molecule has 3 rings (SSSR count).